The average Bonchev–Trinajstić information content (AvgIpc) is 3.79. The van der Waals surface area contributed by atoms with Crippen LogP contribution in [-0.2, 0) is 40.7 Å². The number of carbonyl (C=O) groups excluding carboxylic acids is 1. The minimum Gasteiger partial charge on any atom is -0.492 e. The molecule has 0 aliphatic carbocycles. The first-order chi connectivity index (χ1) is 22.8. The monoisotopic (exact) mass is 713 g/mol. The highest BCUT2D eigenvalue weighted by molar-refractivity contribution is 7.89. The van der Waals surface area contributed by atoms with E-state index in [1.54, 1.807) is 30.3 Å². The number of carbonyl (C=O) groups is 1. The molecular formula is C31H43N3O12S2. The summed E-state index contributed by atoms with van der Waals surface area (Å²) in [5.74, 6) is 1.15. The average molecular weight is 714 g/mol. The van der Waals surface area contributed by atoms with Crippen molar-refractivity contribution in [1.29, 1.82) is 0 Å². The minimum absolute atomic E-state index is 0.00750. The number of hydrogen-bond acceptors (Lipinski definition) is 12. The number of rotatable bonds is 16. The van der Waals surface area contributed by atoms with Gasteiger partial charge in [0.15, 0.2) is 17.8 Å². The van der Waals surface area contributed by atoms with E-state index < -0.39 is 44.6 Å². The molecule has 5 rings (SSSR count). The van der Waals surface area contributed by atoms with E-state index in [-0.39, 0.29) is 69.2 Å². The Kier molecular flexibility index (Phi) is 11.7. The molecule has 2 N–H and O–H groups in total. The summed E-state index contributed by atoms with van der Waals surface area (Å²) in [5, 5.41) is 11.8. The Labute approximate surface area is 281 Å². The summed E-state index contributed by atoms with van der Waals surface area (Å²) < 4.78 is 87.1. The van der Waals surface area contributed by atoms with Crippen LogP contribution in [0.5, 0.6) is 17.2 Å². The molecule has 266 valence electrons. The Morgan fingerprint density at radius 1 is 1.06 bits per heavy atom. The van der Waals surface area contributed by atoms with Crippen molar-refractivity contribution in [2.45, 2.75) is 56.4 Å². The van der Waals surface area contributed by atoms with E-state index in [2.05, 4.69) is 4.72 Å². The molecular weight excluding hydrogens is 670 g/mol. The van der Waals surface area contributed by atoms with Gasteiger partial charge < -0.3 is 28.4 Å². The first-order valence-electron chi connectivity index (χ1n) is 15.8. The molecule has 2 saturated heterocycles. The predicted molar refractivity (Wildman–Crippen MR) is 171 cm³/mol. The lowest BCUT2D eigenvalue weighted by atomic mass is 10.0. The van der Waals surface area contributed by atoms with Gasteiger partial charge in [0.25, 0.3) is 0 Å². The predicted octanol–water partition coefficient (Wildman–Crippen LogP) is 2.58. The Morgan fingerprint density at radius 2 is 1.81 bits per heavy atom. The van der Waals surface area contributed by atoms with Gasteiger partial charge in [-0.05, 0) is 55.0 Å². The molecule has 3 aliphatic rings. The maximum Gasteiger partial charge on any atom is 0.434 e. The van der Waals surface area contributed by atoms with Crippen LogP contribution in [0.4, 0.5) is 4.79 Å². The van der Waals surface area contributed by atoms with Crippen molar-refractivity contribution in [1.82, 2.24) is 14.1 Å². The second-order valence-corrected chi connectivity index (χ2v) is 16.1. The van der Waals surface area contributed by atoms with Gasteiger partial charge in [-0.25, -0.2) is 26.4 Å². The summed E-state index contributed by atoms with van der Waals surface area (Å²) in [7, 11) is -7.33. The maximum atomic E-state index is 13.9. The van der Waals surface area contributed by atoms with Gasteiger partial charge in [-0.2, -0.15) is 9.37 Å². The molecule has 1 amide bonds. The van der Waals surface area contributed by atoms with Gasteiger partial charge in [0.05, 0.1) is 36.3 Å². The topological polar surface area (TPSA) is 179 Å². The fourth-order valence-electron chi connectivity index (χ4n) is 5.78. The second-order valence-electron chi connectivity index (χ2n) is 12.4. The van der Waals surface area contributed by atoms with Crippen molar-refractivity contribution in [3.8, 4) is 17.2 Å². The normalized spacial score (nSPS) is 21.0. The third-order valence-electron chi connectivity index (χ3n) is 8.16. The molecule has 2 aromatic rings. The lowest BCUT2D eigenvalue weighted by Crippen LogP contribution is -2.44. The molecule has 0 radical (unpaired) electrons. The van der Waals surface area contributed by atoms with Gasteiger partial charge in [-0.15, -0.1) is 0 Å². The quantitative estimate of drug-likeness (QED) is 0.148. The number of ether oxygens (including phenoxy) is 6. The van der Waals surface area contributed by atoms with Crippen LogP contribution in [0.15, 0.2) is 47.4 Å². The zero-order chi connectivity index (χ0) is 34.5. The highest BCUT2D eigenvalue weighted by Gasteiger charge is 2.44. The van der Waals surface area contributed by atoms with Crippen molar-refractivity contribution in [2.24, 2.45) is 11.8 Å². The Morgan fingerprint density at radius 3 is 2.54 bits per heavy atom. The van der Waals surface area contributed by atoms with Crippen molar-refractivity contribution >= 4 is 26.1 Å². The molecule has 48 heavy (non-hydrogen) atoms. The number of nitrogens with zero attached hydrogens (tertiary/aromatic N) is 2. The van der Waals surface area contributed by atoms with E-state index in [4.69, 9.17) is 28.4 Å². The van der Waals surface area contributed by atoms with E-state index in [9.17, 15) is 26.8 Å². The smallest absolute Gasteiger partial charge is 0.434 e. The van der Waals surface area contributed by atoms with Crippen LogP contribution in [-0.4, -0.2) is 108 Å². The Balaban J connectivity index is 1.30. The van der Waals surface area contributed by atoms with E-state index >= 15 is 0 Å². The van der Waals surface area contributed by atoms with E-state index in [1.165, 1.54) is 16.4 Å². The highest BCUT2D eigenvalue weighted by atomic mass is 32.2. The molecule has 2 fully saturated rings. The number of fused-ring (bicyclic) bond motifs is 2. The van der Waals surface area contributed by atoms with Crippen LogP contribution < -0.4 is 18.9 Å². The summed E-state index contributed by atoms with van der Waals surface area (Å²) in [6.07, 6.45) is -0.0243. The Bertz CT molecular complexity index is 1620. The molecule has 0 saturated carbocycles. The van der Waals surface area contributed by atoms with Gasteiger partial charge in [0, 0.05) is 25.7 Å². The highest BCUT2D eigenvalue weighted by Crippen LogP contribution is 2.35. The van der Waals surface area contributed by atoms with Gasteiger partial charge >= 0.3 is 6.09 Å². The molecule has 15 nitrogen and oxygen atoms in total. The van der Waals surface area contributed by atoms with Crippen LogP contribution in [0, 0.1) is 11.8 Å². The largest absolute Gasteiger partial charge is 0.492 e. The molecule has 3 heterocycles. The van der Waals surface area contributed by atoms with E-state index in [1.807, 2.05) is 13.8 Å². The number of benzene rings is 2. The molecule has 2 aromatic carbocycles. The van der Waals surface area contributed by atoms with Gasteiger partial charge in [0.2, 0.25) is 26.8 Å². The molecule has 0 aromatic heterocycles. The van der Waals surface area contributed by atoms with Crippen molar-refractivity contribution in [2.75, 3.05) is 52.5 Å². The number of hydrogen-bond donors (Lipinski definition) is 2. The number of amides is 1. The van der Waals surface area contributed by atoms with Crippen LogP contribution in [0.1, 0.15) is 32.3 Å². The summed E-state index contributed by atoms with van der Waals surface area (Å²) in [6, 6.07) is 10.5. The molecule has 0 bridgehead atoms. The van der Waals surface area contributed by atoms with Crippen LogP contribution in [0.25, 0.3) is 0 Å². The summed E-state index contributed by atoms with van der Waals surface area (Å²) in [5.41, 5.74) is 0.732. The molecule has 3 aliphatic heterocycles. The zero-order valence-corrected chi connectivity index (χ0v) is 28.8. The lowest BCUT2D eigenvalue weighted by Gasteiger charge is -2.30. The summed E-state index contributed by atoms with van der Waals surface area (Å²) in [4.78, 5) is 13.3. The third-order valence-corrected chi connectivity index (χ3v) is 10.8. The Hall–Kier alpha value is -3.19. The lowest BCUT2D eigenvalue weighted by molar-refractivity contribution is -0.116. The van der Waals surface area contributed by atoms with Crippen LogP contribution in [0.3, 0.4) is 0 Å². The van der Waals surface area contributed by atoms with Gasteiger partial charge in [-0.1, -0.05) is 26.0 Å². The van der Waals surface area contributed by atoms with Crippen LogP contribution >= 0.6 is 0 Å². The summed E-state index contributed by atoms with van der Waals surface area (Å²) >= 11 is 0. The third kappa shape index (κ3) is 9.28. The molecule has 4 atom stereocenters. The number of hydroxylamine groups is 2. The maximum absolute atomic E-state index is 13.9. The van der Waals surface area contributed by atoms with Crippen LogP contribution in [0.2, 0.25) is 0 Å². The van der Waals surface area contributed by atoms with Gasteiger partial charge in [0.1, 0.15) is 18.5 Å². The zero-order valence-electron chi connectivity index (χ0n) is 27.1. The van der Waals surface area contributed by atoms with E-state index in [0.717, 1.165) is 11.8 Å². The van der Waals surface area contributed by atoms with Crippen molar-refractivity contribution < 1.29 is 55.3 Å². The SMILES string of the molecule is CC(C)CN(CCC(Cc1ccc(OCCNS(C)(=O)=O)cc1)N(O)C(=O)OC1COC2OCCC12)S(=O)(=O)c1ccc2c(c1)OCO2. The standard InChI is InChI=1S/C31H43N3O12S2/c1-21(2)18-33(48(39,40)25-8-9-27-28(17-25)45-20-44-27)13-10-23(34(36)31(35)46-29-19-43-30-26(29)11-14-42-30)16-22-4-6-24(7-5-22)41-15-12-32-47(3,37)38/h4-9,17,21,23,26,29-30,32,36H,10-16,18-20H2,1-3H3. The fourth-order valence-corrected chi connectivity index (χ4v) is 7.87. The first-order valence-corrected chi connectivity index (χ1v) is 19.1. The second kappa shape index (κ2) is 15.6. The molecule has 0 spiro atoms. The van der Waals surface area contributed by atoms with E-state index in [0.29, 0.717) is 35.3 Å². The van der Waals surface area contributed by atoms with Crippen molar-refractivity contribution in [3.05, 3.63) is 48.0 Å². The summed E-state index contributed by atoms with van der Waals surface area (Å²) in [6.45, 7) is 4.86. The van der Waals surface area contributed by atoms with Crippen molar-refractivity contribution in [3.63, 3.8) is 0 Å². The number of nitrogens with one attached hydrogen (secondary N) is 1. The first kappa shape index (κ1) is 36.1. The van der Waals surface area contributed by atoms with Gasteiger partial charge in [-0.3, -0.25) is 5.21 Å². The molecule has 4 unspecified atom stereocenters. The fraction of sp³-hybridized carbons (Fsp3) is 0.581. The molecule has 17 heteroatoms. The number of sulfonamides is 2. The minimum atomic E-state index is -4.00.